The number of nitriles is 1. The van der Waals surface area contributed by atoms with Gasteiger partial charge in [-0.05, 0) is 93.8 Å². The average molecular weight is 414 g/mol. The lowest BCUT2D eigenvalue weighted by molar-refractivity contribution is -0.0690. The smallest absolute Gasteiger partial charge is 0.0689 e. The molecule has 0 radical (unpaired) electrons. The van der Waals surface area contributed by atoms with Gasteiger partial charge in [-0.25, -0.2) is 0 Å². The van der Waals surface area contributed by atoms with E-state index in [2.05, 4.69) is 19.9 Å². The van der Waals surface area contributed by atoms with Crippen molar-refractivity contribution in [1.82, 2.24) is 0 Å². The topological polar surface area (TPSA) is 23.8 Å². The summed E-state index contributed by atoms with van der Waals surface area (Å²) in [7, 11) is 0. The quantitative estimate of drug-likeness (QED) is 0.276. The van der Waals surface area contributed by atoms with Crippen LogP contribution < -0.4 is 0 Å². The normalized spacial score (nSPS) is 36.0. The lowest BCUT2D eigenvalue weighted by Crippen LogP contribution is -2.47. The van der Waals surface area contributed by atoms with E-state index in [0.29, 0.717) is 5.41 Å². The number of fused-ring (bicyclic) bond motifs is 3. The largest absolute Gasteiger partial charge is 0.198 e. The maximum atomic E-state index is 9.99. The van der Waals surface area contributed by atoms with Gasteiger partial charge in [0.1, 0.15) is 0 Å². The molecule has 0 unspecified atom stereocenters. The first-order valence-corrected chi connectivity index (χ1v) is 14.0. The van der Waals surface area contributed by atoms with E-state index in [1.54, 1.807) is 0 Å². The highest BCUT2D eigenvalue weighted by atomic mass is 14.6. The number of nitrogens with zero attached hydrogens (tertiary/aromatic N) is 1. The molecule has 4 saturated carbocycles. The molecule has 4 aliphatic rings. The minimum absolute atomic E-state index is 0.0327. The SMILES string of the molecule is CCCCCCCC1(C#N)CCC(C23CCC(CCCCCCC)(CC2)CC3)CC1. The summed E-state index contributed by atoms with van der Waals surface area (Å²) >= 11 is 0. The van der Waals surface area contributed by atoms with E-state index in [1.807, 2.05) is 0 Å². The van der Waals surface area contributed by atoms with Gasteiger partial charge in [-0.2, -0.15) is 5.26 Å². The predicted molar refractivity (Wildman–Crippen MR) is 129 cm³/mol. The van der Waals surface area contributed by atoms with Crippen LogP contribution in [-0.2, 0) is 0 Å². The van der Waals surface area contributed by atoms with Crippen LogP contribution in [0.3, 0.4) is 0 Å². The Hall–Kier alpha value is -0.510. The molecule has 0 atom stereocenters. The van der Waals surface area contributed by atoms with Crippen LogP contribution in [0, 0.1) is 33.5 Å². The molecule has 4 fully saturated rings. The molecule has 0 amide bonds. The average Bonchev–Trinajstić information content (AvgIpc) is 2.80. The Morgan fingerprint density at radius 3 is 1.63 bits per heavy atom. The van der Waals surface area contributed by atoms with Gasteiger partial charge in [-0.15, -0.1) is 0 Å². The summed E-state index contributed by atoms with van der Waals surface area (Å²) in [4.78, 5) is 0. The van der Waals surface area contributed by atoms with E-state index >= 15 is 0 Å². The van der Waals surface area contributed by atoms with Crippen LogP contribution in [0.25, 0.3) is 0 Å². The molecule has 1 nitrogen and oxygen atoms in total. The van der Waals surface area contributed by atoms with Crippen molar-refractivity contribution in [2.45, 2.75) is 155 Å². The molecule has 0 N–H and O–H groups in total. The Kier molecular flexibility index (Phi) is 9.16. The first-order valence-electron chi connectivity index (χ1n) is 14.0. The molecular formula is C29H51N. The third-order valence-electron chi connectivity index (χ3n) is 10.1. The number of hydrogen-bond acceptors (Lipinski definition) is 1. The lowest BCUT2D eigenvalue weighted by atomic mass is 9.47. The van der Waals surface area contributed by atoms with Crippen LogP contribution in [0.4, 0.5) is 0 Å². The zero-order valence-electron chi connectivity index (χ0n) is 20.6. The van der Waals surface area contributed by atoms with Gasteiger partial charge in [-0.1, -0.05) is 78.1 Å². The van der Waals surface area contributed by atoms with Crippen molar-refractivity contribution < 1.29 is 0 Å². The van der Waals surface area contributed by atoms with Crippen LogP contribution in [-0.4, -0.2) is 0 Å². The van der Waals surface area contributed by atoms with Crippen LogP contribution in [0.1, 0.15) is 155 Å². The molecule has 4 rings (SSSR count). The van der Waals surface area contributed by atoms with Crippen molar-refractivity contribution in [3.63, 3.8) is 0 Å². The van der Waals surface area contributed by atoms with E-state index in [-0.39, 0.29) is 5.41 Å². The molecular weight excluding hydrogens is 362 g/mol. The highest BCUT2D eigenvalue weighted by Gasteiger charge is 2.52. The lowest BCUT2D eigenvalue weighted by Gasteiger charge is -2.58. The molecule has 0 aromatic heterocycles. The van der Waals surface area contributed by atoms with Crippen LogP contribution in [0.15, 0.2) is 0 Å². The monoisotopic (exact) mass is 413 g/mol. The maximum absolute atomic E-state index is 9.99. The molecule has 2 bridgehead atoms. The Balaban J connectivity index is 1.43. The zero-order valence-corrected chi connectivity index (χ0v) is 20.6. The molecule has 0 heterocycles. The molecule has 0 aromatic carbocycles. The number of hydrogen-bond donors (Lipinski definition) is 0. The van der Waals surface area contributed by atoms with Gasteiger partial charge in [-0.3, -0.25) is 0 Å². The third kappa shape index (κ3) is 5.84. The van der Waals surface area contributed by atoms with Gasteiger partial charge in [0.15, 0.2) is 0 Å². The van der Waals surface area contributed by atoms with E-state index < -0.39 is 0 Å². The van der Waals surface area contributed by atoms with E-state index in [9.17, 15) is 5.26 Å². The first-order chi connectivity index (χ1) is 14.6. The molecule has 1 heteroatoms. The summed E-state index contributed by atoms with van der Waals surface area (Å²) in [5.41, 5.74) is 1.44. The van der Waals surface area contributed by atoms with Crippen molar-refractivity contribution >= 4 is 0 Å². The van der Waals surface area contributed by atoms with Crippen molar-refractivity contribution in [2.75, 3.05) is 0 Å². The summed E-state index contributed by atoms with van der Waals surface area (Å²) in [5.74, 6) is 0.932. The molecule has 172 valence electrons. The van der Waals surface area contributed by atoms with Gasteiger partial charge in [0.25, 0.3) is 0 Å². The zero-order chi connectivity index (χ0) is 21.3. The highest BCUT2D eigenvalue weighted by molar-refractivity contribution is 5.07. The van der Waals surface area contributed by atoms with Crippen LogP contribution in [0.5, 0.6) is 0 Å². The Labute approximate surface area is 188 Å². The van der Waals surface area contributed by atoms with Crippen LogP contribution >= 0.6 is 0 Å². The summed E-state index contributed by atoms with van der Waals surface area (Å²) in [6.45, 7) is 4.60. The minimum Gasteiger partial charge on any atom is -0.198 e. The summed E-state index contributed by atoms with van der Waals surface area (Å²) in [6, 6.07) is 2.82. The van der Waals surface area contributed by atoms with Crippen molar-refractivity contribution in [1.29, 1.82) is 5.26 Å². The second-order valence-corrected chi connectivity index (χ2v) is 11.9. The second kappa shape index (κ2) is 11.4. The van der Waals surface area contributed by atoms with Gasteiger partial charge >= 0.3 is 0 Å². The standard InChI is InChI=1S/C29H51N/c1-3-5-7-9-11-15-27-19-22-29(23-20-27,24-21-27)26-13-17-28(25-30,18-14-26)16-12-10-8-6-4-2/h26H,3-24H2,1-2H3. The fraction of sp³-hybridized carbons (Fsp3) is 0.966. The van der Waals surface area contributed by atoms with Gasteiger partial charge < -0.3 is 0 Å². The second-order valence-electron chi connectivity index (χ2n) is 11.9. The Morgan fingerprint density at radius 2 is 1.13 bits per heavy atom. The van der Waals surface area contributed by atoms with Crippen LogP contribution in [0.2, 0.25) is 0 Å². The summed E-state index contributed by atoms with van der Waals surface area (Å²) in [6.07, 6.45) is 30.8. The van der Waals surface area contributed by atoms with Gasteiger partial charge in [0.2, 0.25) is 0 Å². The highest BCUT2D eigenvalue weighted by Crippen LogP contribution is 2.64. The molecule has 0 aliphatic heterocycles. The molecule has 0 aromatic rings. The predicted octanol–water partition coefficient (Wildman–Crippen LogP) is 9.75. The number of unbranched alkanes of at least 4 members (excludes halogenated alkanes) is 8. The Morgan fingerprint density at radius 1 is 0.633 bits per heavy atom. The third-order valence-corrected chi connectivity index (χ3v) is 10.1. The molecule has 30 heavy (non-hydrogen) atoms. The van der Waals surface area contributed by atoms with E-state index in [0.717, 1.165) is 11.3 Å². The Bertz CT molecular complexity index is 509. The van der Waals surface area contributed by atoms with Crippen molar-refractivity contribution in [2.24, 2.45) is 22.2 Å². The van der Waals surface area contributed by atoms with Gasteiger partial charge in [0.05, 0.1) is 11.5 Å². The fourth-order valence-electron chi connectivity index (χ4n) is 7.65. The minimum atomic E-state index is 0.0327. The van der Waals surface area contributed by atoms with E-state index in [4.69, 9.17) is 0 Å². The number of rotatable bonds is 13. The van der Waals surface area contributed by atoms with Gasteiger partial charge in [0, 0.05) is 0 Å². The summed E-state index contributed by atoms with van der Waals surface area (Å²) < 4.78 is 0. The fourth-order valence-corrected chi connectivity index (χ4v) is 7.65. The van der Waals surface area contributed by atoms with Crippen molar-refractivity contribution in [3.05, 3.63) is 0 Å². The summed E-state index contributed by atoms with van der Waals surface area (Å²) in [5, 5.41) is 9.99. The van der Waals surface area contributed by atoms with E-state index in [1.165, 1.54) is 141 Å². The molecule has 0 spiro atoms. The van der Waals surface area contributed by atoms with Crippen molar-refractivity contribution in [3.8, 4) is 6.07 Å². The first kappa shape index (κ1) is 24.1. The maximum Gasteiger partial charge on any atom is 0.0689 e. The molecule has 4 aliphatic carbocycles. The molecule has 0 saturated heterocycles.